The maximum atomic E-state index is 2.43. The Labute approximate surface area is 120 Å². The minimum Gasteiger partial charge on any atom is -0.0649 e. The van der Waals surface area contributed by atoms with Crippen LogP contribution < -0.4 is 0 Å². The zero-order valence-electron chi connectivity index (χ0n) is 14.0. The highest BCUT2D eigenvalue weighted by Gasteiger charge is 2.36. The third-order valence-corrected chi connectivity index (χ3v) is 5.30. The lowest BCUT2D eigenvalue weighted by molar-refractivity contribution is 0.141. The Morgan fingerprint density at radius 1 is 0.947 bits per heavy atom. The van der Waals surface area contributed by atoms with Gasteiger partial charge in [-0.05, 0) is 34.7 Å². The van der Waals surface area contributed by atoms with E-state index in [4.69, 9.17) is 0 Å². The summed E-state index contributed by atoms with van der Waals surface area (Å²) in [5, 5.41) is 0. The molecular weight excluding hydrogens is 228 g/mol. The molecule has 19 heavy (non-hydrogen) atoms. The standard InChI is InChI=1S/C19H32/c1-8-18(4,5)14-17(19(6,7)15(2)3)16-12-10-9-11-13-16/h9-13,15,17H,8,14H2,1-7H3. The largest absolute Gasteiger partial charge is 0.0649 e. The first kappa shape index (κ1) is 16.3. The van der Waals surface area contributed by atoms with Crippen molar-refractivity contribution < 1.29 is 0 Å². The molecule has 0 N–H and O–H groups in total. The van der Waals surface area contributed by atoms with E-state index in [1.54, 1.807) is 0 Å². The van der Waals surface area contributed by atoms with Gasteiger partial charge in [0.15, 0.2) is 0 Å². The average Bonchev–Trinajstić information content (AvgIpc) is 2.37. The number of benzene rings is 1. The van der Waals surface area contributed by atoms with Gasteiger partial charge in [0.2, 0.25) is 0 Å². The highest BCUT2D eigenvalue weighted by Crippen LogP contribution is 2.48. The Bertz CT molecular complexity index is 370. The van der Waals surface area contributed by atoms with Crippen molar-refractivity contribution in [3.8, 4) is 0 Å². The van der Waals surface area contributed by atoms with Crippen LogP contribution in [-0.2, 0) is 0 Å². The lowest BCUT2D eigenvalue weighted by Crippen LogP contribution is -2.31. The first-order chi connectivity index (χ1) is 8.70. The molecule has 0 aliphatic carbocycles. The molecule has 0 aromatic heterocycles. The van der Waals surface area contributed by atoms with E-state index in [1.165, 1.54) is 18.4 Å². The van der Waals surface area contributed by atoms with Crippen LogP contribution in [0, 0.1) is 16.7 Å². The molecule has 1 aromatic carbocycles. The van der Waals surface area contributed by atoms with E-state index in [2.05, 4.69) is 78.8 Å². The summed E-state index contributed by atoms with van der Waals surface area (Å²) in [5.74, 6) is 1.31. The summed E-state index contributed by atoms with van der Waals surface area (Å²) in [6, 6.07) is 11.1. The van der Waals surface area contributed by atoms with Gasteiger partial charge in [0.05, 0.1) is 0 Å². The minimum absolute atomic E-state index is 0.327. The molecule has 0 heterocycles. The van der Waals surface area contributed by atoms with E-state index in [0.717, 1.165) is 0 Å². The smallest absolute Gasteiger partial charge is 0.0103 e. The first-order valence-corrected chi connectivity index (χ1v) is 7.75. The Kier molecular flexibility index (Phi) is 5.24. The molecule has 0 saturated heterocycles. The molecule has 1 aromatic rings. The van der Waals surface area contributed by atoms with Gasteiger partial charge in [0.1, 0.15) is 0 Å². The van der Waals surface area contributed by atoms with E-state index in [-0.39, 0.29) is 0 Å². The summed E-state index contributed by atoms with van der Waals surface area (Å²) in [6.45, 7) is 16.7. The molecule has 0 heteroatoms. The molecule has 0 fully saturated rings. The molecule has 0 nitrogen and oxygen atoms in total. The number of hydrogen-bond donors (Lipinski definition) is 0. The van der Waals surface area contributed by atoms with Crippen molar-refractivity contribution in [2.24, 2.45) is 16.7 Å². The molecule has 0 aliphatic heterocycles. The molecule has 0 radical (unpaired) electrons. The van der Waals surface area contributed by atoms with Gasteiger partial charge in [0, 0.05) is 0 Å². The van der Waals surface area contributed by atoms with Gasteiger partial charge in [-0.2, -0.15) is 0 Å². The van der Waals surface area contributed by atoms with Gasteiger partial charge < -0.3 is 0 Å². The van der Waals surface area contributed by atoms with Crippen molar-refractivity contribution in [2.45, 2.75) is 67.2 Å². The number of rotatable bonds is 6. The van der Waals surface area contributed by atoms with Crippen LogP contribution in [0.5, 0.6) is 0 Å². The molecule has 108 valence electrons. The molecule has 0 bridgehead atoms. The zero-order valence-corrected chi connectivity index (χ0v) is 14.0. The summed E-state index contributed by atoms with van der Waals surface area (Å²) in [7, 11) is 0. The quantitative estimate of drug-likeness (QED) is 0.564. The van der Waals surface area contributed by atoms with Crippen molar-refractivity contribution in [1.82, 2.24) is 0 Å². The van der Waals surface area contributed by atoms with Gasteiger partial charge >= 0.3 is 0 Å². The molecular formula is C19H32. The molecule has 0 amide bonds. The lowest BCUT2D eigenvalue weighted by Gasteiger charge is -2.42. The van der Waals surface area contributed by atoms with E-state index < -0.39 is 0 Å². The Morgan fingerprint density at radius 3 is 1.89 bits per heavy atom. The average molecular weight is 260 g/mol. The summed E-state index contributed by atoms with van der Waals surface area (Å²) in [4.78, 5) is 0. The molecule has 0 saturated carbocycles. The Morgan fingerprint density at radius 2 is 1.47 bits per heavy atom. The van der Waals surface area contributed by atoms with Crippen LogP contribution in [0.25, 0.3) is 0 Å². The molecule has 0 aliphatic rings. The normalized spacial score (nSPS) is 14.7. The zero-order chi connectivity index (χ0) is 14.7. The second-order valence-corrected chi connectivity index (χ2v) is 7.66. The Balaban J connectivity index is 3.12. The minimum atomic E-state index is 0.327. The van der Waals surface area contributed by atoms with E-state index in [0.29, 0.717) is 22.7 Å². The maximum absolute atomic E-state index is 2.43. The summed E-state index contributed by atoms with van der Waals surface area (Å²) in [6.07, 6.45) is 2.50. The van der Waals surface area contributed by atoms with Crippen LogP contribution in [-0.4, -0.2) is 0 Å². The van der Waals surface area contributed by atoms with Gasteiger partial charge in [-0.1, -0.05) is 85.2 Å². The van der Waals surface area contributed by atoms with Crippen LogP contribution in [0.1, 0.15) is 72.8 Å². The van der Waals surface area contributed by atoms with Crippen LogP contribution in [0.4, 0.5) is 0 Å². The van der Waals surface area contributed by atoms with Gasteiger partial charge in [-0.3, -0.25) is 0 Å². The van der Waals surface area contributed by atoms with E-state index >= 15 is 0 Å². The van der Waals surface area contributed by atoms with Crippen LogP contribution in [0.15, 0.2) is 30.3 Å². The van der Waals surface area contributed by atoms with Crippen molar-refractivity contribution in [3.63, 3.8) is 0 Å². The van der Waals surface area contributed by atoms with Crippen LogP contribution in [0.2, 0.25) is 0 Å². The monoisotopic (exact) mass is 260 g/mol. The SMILES string of the molecule is CCC(C)(C)CC(c1ccccc1)C(C)(C)C(C)C. The first-order valence-electron chi connectivity index (χ1n) is 7.75. The second-order valence-electron chi connectivity index (χ2n) is 7.66. The predicted octanol–water partition coefficient (Wildman–Crippen LogP) is 6.28. The van der Waals surface area contributed by atoms with E-state index in [1.807, 2.05) is 0 Å². The molecule has 0 spiro atoms. The summed E-state index contributed by atoms with van der Waals surface area (Å²) in [5.41, 5.74) is 2.24. The van der Waals surface area contributed by atoms with Gasteiger partial charge in [-0.15, -0.1) is 0 Å². The second kappa shape index (κ2) is 6.11. The fourth-order valence-corrected chi connectivity index (χ4v) is 2.60. The topological polar surface area (TPSA) is 0 Å². The molecule has 1 atom stereocenters. The fraction of sp³-hybridized carbons (Fsp3) is 0.684. The Hall–Kier alpha value is -0.780. The van der Waals surface area contributed by atoms with Crippen molar-refractivity contribution >= 4 is 0 Å². The highest BCUT2D eigenvalue weighted by molar-refractivity contribution is 5.22. The molecule has 1 unspecified atom stereocenters. The van der Waals surface area contributed by atoms with Gasteiger partial charge in [-0.25, -0.2) is 0 Å². The van der Waals surface area contributed by atoms with E-state index in [9.17, 15) is 0 Å². The van der Waals surface area contributed by atoms with Crippen LogP contribution >= 0.6 is 0 Å². The van der Waals surface area contributed by atoms with Gasteiger partial charge in [0.25, 0.3) is 0 Å². The van der Waals surface area contributed by atoms with Crippen molar-refractivity contribution in [2.75, 3.05) is 0 Å². The van der Waals surface area contributed by atoms with Crippen molar-refractivity contribution in [3.05, 3.63) is 35.9 Å². The van der Waals surface area contributed by atoms with Crippen LogP contribution in [0.3, 0.4) is 0 Å². The predicted molar refractivity (Wildman–Crippen MR) is 86.5 cm³/mol. The third-order valence-electron chi connectivity index (χ3n) is 5.30. The summed E-state index contributed by atoms with van der Waals surface area (Å²) < 4.78 is 0. The highest BCUT2D eigenvalue weighted by atomic mass is 14.4. The van der Waals surface area contributed by atoms with Crippen molar-refractivity contribution in [1.29, 1.82) is 0 Å². The number of hydrogen-bond acceptors (Lipinski definition) is 0. The maximum Gasteiger partial charge on any atom is -0.0103 e. The lowest BCUT2D eigenvalue weighted by atomic mass is 9.63. The fourth-order valence-electron chi connectivity index (χ4n) is 2.60. The molecule has 1 rings (SSSR count). The third kappa shape index (κ3) is 4.09. The summed E-state index contributed by atoms with van der Waals surface area (Å²) >= 11 is 0.